The molecular weight excluding hydrogens is 1810 g/mol. The van der Waals surface area contributed by atoms with E-state index >= 15 is 0 Å². The van der Waals surface area contributed by atoms with Gasteiger partial charge in [-0.05, 0) is 313 Å². The van der Waals surface area contributed by atoms with E-state index in [-0.39, 0.29) is 7.43 Å². The molecule has 716 valence electrons. The highest BCUT2D eigenvalue weighted by Gasteiger charge is 2.22. The van der Waals surface area contributed by atoms with E-state index in [1.54, 1.807) is 0 Å². The van der Waals surface area contributed by atoms with Crippen molar-refractivity contribution >= 4 is 135 Å². The van der Waals surface area contributed by atoms with E-state index in [0.29, 0.717) is 0 Å². The summed E-state index contributed by atoms with van der Waals surface area (Å²) in [5.41, 5.74) is 36.1. The first-order valence-corrected chi connectivity index (χ1v) is 50.1. The molecular formula is C141H112N8. The third kappa shape index (κ3) is 24.2. The van der Waals surface area contributed by atoms with Gasteiger partial charge in [0.25, 0.3) is 0 Å². The van der Waals surface area contributed by atoms with Crippen molar-refractivity contribution in [1.29, 1.82) is 0 Å². The van der Waals surface area contributed by atoms with E-state index in [2.05, 4.69) is 611 Å². The van der Waals surface area contributed by atoms with Gasteiger partial charge in [0.1, 0.15) is 0 Å². The van der Waals surface area contributed by atoms with Crippen LogP contribution in [0.15, 0.2) is 631 Å². The first kappa shape index (κ1) is 96.7. The van der Waals surface area contributed by atoms with Crippen LogP contribution in [0.25, 0.3) is 88.3 Å². The Balaban J connectivity index is 0.000000121. The number of rotatable bonds is 26. The van der Waals surface area contributed by atoms with E-state index < -0.39 is 0 Å². The zero-order valence-electron chi connectivity index (χ0n) is 81.8. The lowest BCUT2D eigenvalue weighted by Gasteiger charge is -2.27. The smallest absolute Gasteiger partial charge is 0.0488 e. The number of nitrogens with one attached hydrogen (secondary N) is 4. The fraction of sp³-hybridized carbons (Fsp3) is 0.00709. The Kier molecular flexibility index (Phi) is 31.0. The van der Waals surface area contributed by atoms with Gasteiger partial charge >= 0.3 is 0 Å². The van der Waals surface area contributed by atoms with E-state index in [1.165, 1.54) is 82.7 Å². The molecule has 0 aromatic heterocycles. The van der Waals surface area contributed by atoms with E-state index in [9.17, 15) is 0 Å². The van der Waals surface area contributed by atoms with Crippen molar-refractivity contribution in [3.63, 3.8) is 0 Å². The molecule has 0 amide bonds. The van der Waals surface area contributed by atoms with Crippen molar-refractivity contribution in [1.82, 2.24) is 0 Å². The van der Waals surface area contributed by atoms with Crippen molar-refractivity contribution in [2.24, 2.45) is 0 Å². The molecule has 0 unspecified atom stereocenters. The molecule has 0 spiro atoms. The van der Waals surface area contributed by atoms with Crippen LogP contribution in [0.5, 0.6) is 0 Å². The van der Waals surface area contributed by atoms with Crippen LogP contribution >= 0.6 is 0 Å². The third-order valence-electron chi connectivity index (χ3n) is 26.0. The van der Waals surface area contributed by atoms with Gasteiger partial charge in [0, 0.05) is 114 Å². The summed E-state index contributed by atoms with van der Waals surface area (Å²) in [7, 11) is 0. The second kappa shape index (κ2) is 47.9. The van der Waals surface area contributed by atoms with Gasteiger partial charge in [-0.3, -0.25) is 0 Å². The van der Waals surface area contributed by atoms with Crippen molar-refractivity contribution in [2.45, 2.75) is 7.43 Å². The molecule has 0 heterocycles. The molecule has 0 saturated carbocycles. The summed E-state index contributed by atoms with van der Waals surface area (Å²) in [6, 6.07) is 221. The van der Waals surface area contributed by atoms with Crippen LogP contribution in [-0.4, -0.2) is 0 Å². The number of hydrogen-bond donors (Lipinski definition) is 4. The molecule has 0 bridgehead atoms. The third-order valence-corrected chi connectivity index (χ3v) is 26.0. The largest absolute Gasteiger partial charge is 0.356 e. The summed E-state index contributed by atoms with van der Waals surface area (Å²) in [6.45, 7) is 0. The van der Waals surface area contributed by atoms with Crippen LogP contribution < -0.4 is 40.9 Å². The summed E-state index contributed by atoms with van der Waals surface area (Å²) < 4.78 is 0. The van der Waals surface area contributed by atoms with Gasteiger partial charge in [0.05, 0.1) is 0 Å². The monoisotopic (exact) mass is 1920 g/mol. The van der Waals surface area contributed by atoms with Gasteiger partial charge in [-0.2, -0.15) is 0 Å². The number of fused-ring (bicyclic) bond motifs is 2. The summed E-state index contributed by atoms with van der Waals surface area (Å²) >= 11 is 0. The predicted molar refractivity (Wildman–Crippen MR) is 638 cm³/mol. The maximum absolute atomic E-state index is 3.65. The second-order valence-corrected chi connectivity index (χ2v) is 36.0. The fourth-order valence-electron chi connectivity index (χ4n) is 18.9. The normalized spacial score (nSPS) is 10.6. The summed E-state index contributed by atoms with van der Waals surface area (Å²) in [5, 5.41) is 19.3. The zero-order chi connectivity index (χ0) is 99.5. The molecule has 24 aromatic rings. The molecule has 24 rings (SSSR count). The maximum Gasteiger partial charge on any atom is 0.0488 e. The SMILES string of the molecule is C.c1ccc(Nc2cc(-c3ccccc3)cc(N(c3ccc(-c4ccccc4)cc3)c3ccc(-c4ccccc4)cc3)c2)cc1.c1ccc(Nc2cc(-c3ccccc3)cc(N(c3ccccc3)c3ccccc3)c2)cc1.c1ccc(Nc2ccc(N(c3ccccc3)c3ccc(-c4cccc5ccccc45)cc3)cc2)cc1.c1ccc(Nc2cccc(N(c3ccccc3)c3ccc(-c4cccc5ccccc45)cc3)c2)cc1. The van der Waals surface area contributed by atoms with Crippen LogP contribution in [0.2, 0.25) is 0 Å². The highest BCUT2D eigenvalue weighted by molar-refractivity contribution is 5.99. The highest BCUT2D eigenvalue weighted by atomic mass is 15.2. The predicted octanol–water partition coefficient (Wildman–Crippen LogP) is 40.5. The van der Waals surface area contributed by atoms with Crippen LogP contribution in [0.4, 0.5) is 114 Å². The number of nitrogens with zero attached hydrogens (tertiary/aromatic N) is 4. The van der Waals surface area contributed by atoms with Crippen LogP contribution in [0.3, 0.4) is 0 Å². The zero-order valence-corrected chi connectivity index (χ0v) is 81.8. The number of benzene rings is 24. The van der Waals surface area contributed by atoms with E-state index in [0.717, 1.165) is 119 Å². The van der Waals surface area contributed by atoms with Gasteiger partial charge in [0.15, 0.2) is 0 Å². The standard InChI is InChI=1S/C42H32N2.2C34H26N2.C30H24N2.CH4/c1-5-13-32(14-6-1)35-21-25-40(26-22-35)44(41-27-23-36(24-28-41)33-15-7-2-8-16-33)42-30-37(34-17-9-3-10-18-34)29-39(31-42)43-38-19-11-4-12-20-38;1-3-13-28(14-4-1)35-29-15-10-18-32(25-29)36(30-16-5-2-6-17-30)31-23-21-27(22-24-31)34-20-9-12-26-11-7-8-19-33(26)34;1-3-12-28(13-4-1)35-29-20-24-32(25-21-29)36(30-14-5-2-6-15-30)31-22-18-27(19-23-31)34-17-9-11-26-10-7-8-16-33(26)34;1-5-13-24(14-6-1)25-21-27(31-26-15-7-2-8-16-26)23-30(22-25)32(28-17-9-3-10-18-28)29-19-11-4-12-20-29;/h1-31,43H;2*1-25,35H;1-23,31H;1H4. The number of anilines is 20. The van der Waals surface area contributed by atoms with Gasteiger partial charge in [-0.1, -0.05) is 414 Å². The Morgan fingerprint density at radius 1 is 0.107 bits per heavy atom. The molecule has 149 heavy (non-hydrogen) atoms. The number of para-hydroxylation sites is 8. The molecule has 0 radical (unpaired) electrons. The molecule has 8 heteroatoms. The van der Waals surface area contributed by atoms with Crippen molar-refractivity contribution in [3.8, 4) is 66.8 Å². The highest BCUT2D eigenvalue weighted by Crippen LogP contribution is 2.46. The minimum absolute atomic E-state index is 0. The van der Waals surface area contributed by atoms with Gasteiger partial charge < -0.3 is 40.9 Å². The number of hydrogen-bond acceptors (Lipinski definition) is 8. The molecule has 4 N–H and O–H groups in total. The lowest BCUT2D eigenvalue weighted by atomic mass is 9.98. The van der Waals surface area contributed by atoms with Gasteiger partial charge in [-0.25, -0.2) is 0 Å². The molecule has 0 fully saturated rings. The average Bonchev–Trinajstić information content (AvgIpc) is 0.770. The molecule has 0 saturated heterocycles. The minimum atomic E-state index is 0. The Morgan fingerprint density at radius 3 is 0.624 bits per heavy atom. The topological polar surface area (TPSA) is 61.1 Å². The quantitative estimate of drug-likeness (QED) is 0.0428. The maximum atomic E-state index is 3.65. The average molecular weight is 1920 g/mol. The molecule has 24 aromatic carbocycles. The van der Waals surface area contributed by atoms with Crippen LogP contribution in [0.1, 0.15) is 7.43 Å². The fourth-order valence-corrected chi connectivity index (χ4v) is 18.9. The second-order valence-electron chi connectivity index (χ2n) is 36.0. The molecule has 0 aliphatic rings. The Bertz CT molecular complexity index is 8210. The summed E-state index contributed by atoms with van der Waals surface area (Å²) in [6.07, 6.45) is 0. The van der Waals surface area contributed by atoms with Gasteiger partial charge in [-0.15, -0.1) is 0 Å². The van der Waals surface area contributed by atoms with Gasteiger partial charge in [0.2, 0.25) is 0 Å². The first-order valence-electron chi connectivity index (χ1n) is 50.1. The summed E-state index contributed by atoms with van der Waals surface area (Å²) in [5.74, 6) is 0. The van der Waals surface area contributed by atoms with Crippen LogP contribution in [0, 0.1) is 0 Å². The Labute approximate surface area is 875 Å². The molecule has 0 aliphatic carbocycles. The minimum Gasteiger partial charge on any atom is -0.356 e. The lowest BCUT2D eigenvalue weighted by Crippen LogP contribution is -2.10. The molecule has 0 aliphatic heterocycles. The summed E-state index contributed by atoms with van der Waals surface area (Å²) in [4.78, 5) is 9.22. The van der Waals surface area contributed by atoms with E-state index in [1.807, 2.05) is 60.7 Å². The Morgan fingerprint density at radius 2 is 0.302 bits per heavy atom. The Hall–Kier alpha value is -19.8. The molecule has 0 atom stereocenters. The van der Waals surface area contributed by atoms with Crippen molar-refractivity contribution in [2.75, 3.05) is 40.9 Å². The molecule has 8 nitrogen and oxygen atoms in total. The van der Waals surface area contributed by atoms with Crippen LogP contribution in [-0.2, 0) is 0 Å². The van der Waals surface area contributed by atoms with Crippen molar-refractivity contribution < 1.29 is 0 Å². The van der Waals surface area contributed by atoms with E-state index in [4.69, 9.17) is 0 Å². The first-order chi connectivity index (χ1) is 73.4. The lowest BCUT2D eigenvalue weighted by molar-refractivity contribution is 1.28. The van der Waals surface area contributed by atoms with Crippen molar-refractivity contribution in [3.05, 3.63) is 631 Å².